The zero-order chi connectivity index (χ0) is 27.8. The molecule has 0 aliphatic heterocycles. The molecule has 0 bridgehead atoms. The molecule has 36 heavy (non-hydrogen) atoms. The van der Waals surface area contributed by atoms with Crippen LogP contribution < -0.4 is 16.4 Å². The Bertz CT molecular complexity index is 939. The van der Waals surface area contributed by atoms with Crippen LogP contribution in [0.4, 0.5) is 4.79 Å². The summed E-state index contributed by atoms with van der Waals surface area (Å²) in [4.78, 5) is 53.4. The van der Waals surface area contributed by atoms with Crippen LogP contribution in [0.2, 0.25) is 0 Å². The van der Waals surface area contributed by atoms with Gasteiger partial charge in [-0.1, -0.05) is 31.5 Å². The molecule has 4 amide bonds. The van der Waals surface area contributed by atoms with Gasteiger partial charge in [0.25, 0.3) is 0 Å². The highest BCUT2D eigenvalue weighted by molar-refractivity contribution is 5.95. The number of hydrogen-bond donors (Lipinski definition) is 3. The van der Waals surface area contributed by atoms with Gasteiger partial charge >= 0.3 is 6.09 Å². The molecule has 1 rings (SSSR count). The van der Waals surface area contributed by atoms with Crippen molar-refractivity contribution in [3.8, 4) is 0 Å². The van der Waals surface area contributed by atoms with Gasteiger partial charge in [-0.2, -0.15) is 0 Å². The summed E-state index contributed by atoms with van der Waals surface area (Å²) in [7, 11) is 0. The molecule has 0 radical (unpaired) electrons. The molecule has 0 aliphatic carbocycles. The second-order valence-electron chi connectivity index (χ2n) is 10.6. The summed E-state index contributed by atoms with van der Waals surface area (Å²) in [6.45, 7) is 16.4. The third-order valence-corrected chi connectivity index (χ3v) is 5.78. The first kappa shape index (κ1) is 30.9. The number of nitrogens with two attached hydrogens (primary N) is 1. The highest BCUT2D eigenvalue weighted by Gasteiger charge is 2.39. The van der Waals surface area contributed by atoms with Crippen LogP contribution in [-0.4, -0.2) is 52.4 Å². The van der Waals surface area contributed by atoms with Crippen LogP contribution in [0.5, 0.6) is 0 Å². The molecule has 3 atom stereocenters. The number of primary amides is 1. The van der Waals surface area contributed by atoms with Gasteiger partial charge in [-0.3, -0.25) is 14.4 Å². The summed E-state index contributed by atoms with van der Waals surface area (Å²) in [6, 6.07) is 2.79. The number of ether oxygens (including phenoxy) is 1. The monoisotopic (exact) mass is 504 g/mol. The average Bonchev–Trinajstić information content (AvgIpc) is 2.71. The van der Waals surface area contributed by atoms with Gasteiger partial charge in [0, 0.05) is 12.1 Å². The molecule has 0 aromatic heterocycles. The minimum atomic E-state index is -1.30. The van der Waals surface area contributed by atoms with E-state index in [9.17, 15) is 19.2 Å². The number of aryl methyl sites for hydroxylation is 1. The van der Waals surface area contributed by atoms with Crippen LogP contribution in [0.3, 0.4) is 0 Å². The average molecular weight is 505 g/mol. The number of nitrogens with one attached hydrogen (secondary N) is 2. The van der Waals surface area contributed by atoms with E-state index in [1.54, 1.807) is 34.6 Å². The fourth-order valence-electron chi connectivity index (χ4n) is 4.03. The maximum atomic E-state index is 13.9. The normalized spacial score (nSPS) is 13.9. The largest absolute Gasteiger partial charge is 0.444 e. The number of nitrogens with zero attached hydrogens (tertiary/aromatic N) is 1. The van der Waals surface area contributed by atoms with Gasteiger partial charge < -0.3 is 26.0 Å². The van der Waals surface area contributed by atoms with Gasteiger partial charge in [0.15, 0.2) is 0 Å². The van der Waals surface area contributed by atoms with Gasteiger partial charge in [-0.05, 0) is 78.5 Å². The van der Waals surface area contributed by atoms with Crippen molar-refractivity contribution in [2.45, 2.75) is 111 Å². The first-order valence-electron chi connectivity index (χ1n) is 12.6. The van der Waals surface area contributed by atoms with E-state index >= 15 is 0 Å². The molecule has 0 saturated carbocycles. The smallest absolute Gasteiger partial charge is 0.408 e. The lowest BCUT2D eigenvalue weighted by atomic mass is 9.93. The van der Waals surface area contributed by atoms with Crippen molar-refractivity contribution in [1.29, 1.82) is 0 Å². The first-order chi connectivity index (χ1) is 16.6. The van der Waals surface area contributed by atoms with E-state index in [2.05, 4.69) is 10.6 Å². The number of rotatable bonds is 11. The summed E-state index contributed by atoms with van der Waals surface area (Å²) in [6.07, 6.45) is 0.387. The van der Waals surface area contributed by atoms with Gasteiger partial charge in [-0.15, -0.1) is 0 Å². The van der Waals surface area contributed by atoms with Crippen LogP contribution in [0.1, 0.15) is 90.5 Å². The van der Waals surface area contributed by atoms with E-state index < -0.39 is 48.1 Å². The Kier molecular flexibility index (Phi) is 11.4. The standard InChI is InChI=1S/C27H44N4O5/c1-10-12-18(5)29-24(33)23(20-14-11-13-17(4)19(20)6)31(16(2)3)25(34)21(15-22(28)32)30-26(35)36-27(7,8)9/h11,13-14,16,18,21,23H,10,12,15H2,1-9H3,(H2,28,32)(H,29,33)(H,30,35). The van der Waals surface area contributed by atoms with E-state index in [0.29, 0.717) is 5.56 Å². The molecule has 9 nitrogen and oxygen atoms in total. The Hall–Kier alpha value is -3.10. The molecule has 0 heterocycles. The lowest BCUT2D eigenvalue weighted by Crippen LogP contribution is -2.56. The number of benzene rings is 1. The van der Waals surface area contributed by atoms with E-state index in [4.69, 9.17) is 10.5 Å². The van der Waals surface area contributed by atoms with Gasteiger partial charge in [-0.25, -0.2) is 4.79 Å². The zero-order valence-corrected chi connectivity index (χ0v) is 23.2. The van der Waals surface area contributed by atoms with E-state index in [1.165, 1.54) is 4.90 Å². The molecular formula is C27H44N4O5. The molecular weight excluding hydrogens is 460 g/mol. The predicted octanol–water partition coefficient (Wildman–Crippen LogP) is 3.66. The Balaban J connectivity index is 3.56. The SMILES string of the molecule is CCCC(C)NC(=O)C(c1cccc(C)c1C)N(C(=O)C(CC(N)=O)NC(=O)OC(C)(C)C)C(C)C. The van der Waals surface area contributed by atoms with Crippen LogP contribution >= 0.6 is 0 Å². The second kappa shape index (κ2) is 13.3. The van der Waals surface area contributed by atoms with Gasteiger partial charge in [0.1, 0.15) is 17.7 Å². The minimum Gasteiger partial charge on any atom is -0.444 e. The van der Waals surface area contributed by atoms with Gasteiger partial charge in [0.05, 0.1) is 6.42 Å². The fourth-order valence-corrected chi connectivity index (χ4v) is 4.03. The Labute approximate surface area is 215 Å². The molecule has 0 spiro atoms. The van der Waals surface area contributed by atoms with Crippen molar-refractivity contribution >= 4 is 23.8 Å². The molecule has 0 saturated heterocycles. The summed E-state index contributed by atoms with van der Waals surface area (Å²) in [5, 5.41) is 5.52. The number of carbonyl (C=O) groups is 4. The molecule has 202 valence electrons. The number of carbonyl (C=O) groups excluding carboxylic acids is 4. The third-order valence-electron chi connectivity index (χ3n) is 5.78. The van der Waals surface area contributed by atoms with Gasteiger partial charge in [0.2, 0.25) is 17.7 Å². The predicted molar refractivity (Wildman–Crippen MR) is 140 cm³/mol. The topological polar surface area (TPSA) is 131 Å². The van der Waals surface area contributed by atoms with Crippen molar-refractivity contribution in [2.75, 3.05) is 0 Å². The third kappa shape index (κ3) is 9.17. The summed E-state index contributed by atoms with van der Waals surface area (Å²) >= 11 is 0. The quantitative estimate of drug-likeness (QED) is 0.423. The summed E-state index contributed by atoms with van der Waals surface area (Å²) in [5.74, 6) is -1.70. The number of alkyl carbamates (subject to hydrolysis) is 1. The van der Waals surface area contributed by atoms with E-state index in [0.717, 1.165) is 24.0 Å². The molecule has 0 fully saturated rings. The summed E-state index contributed by atoms with van der Waals surface area (Å²) in [5.41, 5.74) is 7.14. The molecule has 1 aromatic carbocycles. The molecule has 0 aliphatic rings. The van der Waals surface area contributed by atoms with Crippen molar-refractivity contribution in [2.24, 2.45) is 5.73 Å². The van der Waals surface area contributed by atoms with Crippen molar-refractivity contribution in [3.05, 3.63) is 34.9 Å². The lowest BCUT2D eigenvalue weighted by molar-refractivity contribution is -0.145. The van der Waals surface area contributed by atoms with Crippen LogP contribution in [0.25, 0.3) is 0 Å². The molecule has 3 unspecified atom stereocenters. The van der Waals surface area contributed by atoms with Crippen molar-refractivity contribution in [1.82, 2.24) is 15.5 Å². The molecule has 1 aromatic rings. The summed E-state index contributed by atoms with van der Waals surface area (Å²) < 4.78 is 5.29. The Morgan fingerprint density at radius 3 is 2.17 bits per heavy atom. The Morgan fingerprint density at radius 1 is 1.06 bits per heavy atom. The number of hydrogen-bond acceptors (Lipinski definition) is 5. The van der Waals surface area contributed by atoms with E-state index in [1.807, 2.05) is 45.9 Å². The van der Waals surface area contributed by atoms with Crippen molar-refractivity contribution in [3.63, 3.8) is 0 Å². The fraction of sp³-hybridized carbons (Fsp3) is 0.630. The molecule has 9 heteroatoms. The van der Waals surface area contributed by atoms with Crippen molar-refractivity contribution < 1.29 is 23.9 Å². The zero-order valence-electron chi connectivity index (χ0n) is 23.2. The highest BCUT2D eigenvalue weighted by Crippen LogP contribution is 2.29. The van der Waals surface area contributed by atoms with Crippen LogP contribution in [0.15, 0.2) is 18.2 Å². The lowest BCUT2D eigenvalue weighted by Gasteiger charge is -2.38. The maximum absolute atomic E-state index is 13.9. The second-order valence-corrected chi connectivity index (χ2v) is 10.6. The number of amides is 4. The maximum Gasteiger partial charge on any atom is 0.408 e. The minimum absolute atomic E-state index is 0.0967. The van der Waals surface area contributed by atoms with Crippen LogP contribution in [-0.2, 0) is 19.1 Å². The van der Waals surface area contributed by atoms with E-state index in [-0.39, 0.29) is 11.9 Å². The molecule has 4 N–H and O–H groups in total. The van der Waals surface area contributed by atoms with Crippen LogP contribution in [0, 0.1) is 13.8 Å². The first-order valence-corrected chi connectivity index (χ1v) is 12.6. The highest BCUT2D eigenvalue weighted by atomic mass is 16.6. The Morgan fingerprint density at radius 2 is 1.67 bits per heavy atom.